The molecule has 1 aliphatic carbocycles. The van der Waals surface area contributed by atoms with Crippen molar-refractivity contribution in [1.29, 1.82) is 0 Å². The van der Waals surface area contributed by atoms with Gasteiger partial charge in [-0.15, -0.1) is 0 Å². The van der Waals surface area contributed by atoms with Crippen LogP contribution in [0.25, 0.3) is 0 Å². The number of ether oxygens (including phenoxy) is 1. The molecule has 2 N–H and O–H groups in total. The molecule has 1 aliphatic rings. The molecule has 0 saturated heterocycles. The number of nitrogens with one attached hydrogen (secondary N) is 1. The molecule has 2 rings (SSSR count). The first kappa shape index (κ1) is 15.4. The lowest BCUT2D eigenvalue weighted by Crippen LogP contribution is -2.36. The summed E-state index contributed by atoms with van der Waals surface area (Å²) >= 11 is 0. The molecule has 1 saturated carbocycles. The molecule has 0 spiro atoms. The van der Waals surface area contributed by atoms with Crippen LogP contribution in [-0.4, -0.2) is 29.6 Å². The molecule has 5 heteroatoms. The van der Waals surface area contributed by atoms with Crippen molar-refractivity contribution in [3.63, 3.8) is 0 Å². The lowest BCUT2D eigenvalue weighted by atomic mass is 10.1. The average Bonchev–Trinajstić information content (AvgIpc) is 2.89. The predicted molar refractivity (Wildman–Crippen MR) is 78.3 cm³/mol. The van der Waals surface area contributed by atoms with Crippen molar-refractivity contribution in [2.45, 2.75) is 39.2 Å². The van der Waals surface area contributed by atoms with Crippen molar-refractivity contribution in [3.05, 3.63) is 29.3 Å². The zero-order valence-corrected chi connectivity index (χ0v) is 12.4. The minimum Gasteiger partial charge on any atom is -0.484 e. The van der Waals surface area contributed by atoms with Gasteiger partial charge in [0.05, 0.1) is 5.92 Å². The Morgan fingerprint density at radius 2 is 2.05 bits per heavy atom. The highest BCUT2D eigenvalue weighted by molar-refractivity contribution is 5.78. The topological polar surface area (TPSA) is 75.6 Å². The molecule has 0 unspecified atom stereocenters. The molecule has 5 nitrogen and oxygen atoms in total. The highest BCUT2D eigenvalue weighted by Gasteiger charge is 2.30. The van der Waals surface area contributed by atoms with Crippen LogP contribution >= 0.6 is 0 Å². The van der Waals surface area contributed by atoms with Gasteiger partial charge in [0.1, 0.15) is 5.75 Å². The second kappa shape index (κ2) is 6.61. The highest BCUT2D eigenvalue weighted by atomic mass is 16.5. The Bertz CT molecular complexity index is 541. The zero-order chi connectivity index (χ0) is 15.4. The van der Waals surface area contributed by atoms with Gasteiger partial charge in [-0.3, -0.25) is 9.59 Å². The van der Waals surface area contributed by atoms with Crippen LogP contribution in [0.3, 0.4) is 0 Å². The molecule has 0 bridgehead atoms. The van der Waals surface area contributed by atoms with Gasteiger partial charge in [-0.25, -0.2) is 0 Å². The summed E-state index contributed by atoms with van der Waals surface area (Å²) in [4.78, 5) is 22.7. The first-order valence-electron chi connectivity index (χ1n) is 7.18. The van der Waals surface area contributed by atoms with E-state index in [9.17, 15) is 9.59 Å². The number of carbonyl (C=O) groups is 2. The second-order valence-electron chi connectivity index (χ2n) is 5.65. The fraction of sp³-hybridized carbons (Fsp3) is 0.500. The molecule has 1 aromatic rings. The van der Waals surface area contributed by atoms with Crippen LogP contribution in [0.2, 0.25) is 0 Å². The van der Waals surface area contributed by atoms with Crippen LogP contribution < -0.4 is 10.1 Å². The Morgan fingerprint density at radius 1 is 1.29 bits per heavy atom. The van der Waals surface area contributed by atoms with Gasteiger partial charge in [0.15, 0.2) is 6.61 Å². The molecule has 1 amide bonds. The minimum absolute atomic E-state index is 0.0449. The number of hydrogen-bond acceptors (Lipinski definition) is 3. The van der Waals surface area contributed by atoms with E-state index in [1.807, 2.05) is 32.0 Å². The lowest BCUT2D eigenvalue weighted by molar-refractivity contribution is -0.141. The molecule has 2 atom stereocenters. The van der Waals surface area contributed by atoms with Crippen LogP contribution in [0.1, 0.15) is 30.4 Å². The van der Waals surface area contributed by atoms with Crippen LogP contribution in [0.15, 0.2) is 18.2 Å². The number of aryl methyl sites for hydroxylation is 2. The Morgan fingerprint density at radius 3 is 2.67 bits per heavy atom. The third kappa shape index (κ3) is 4.21. The summed E-state index contributed by atoms with van der Waals surface area (Å²) in [5.74, 6) is -0.651. The molecule has 114 valence electrons. The van der Waals surface area contributed by atoms with Crippen LogP contribution in [0.5, 0.6) is 5.75 Å². The smallest absolute Gasteiger partial charge is 0.306 e. The summed E-state index contributed by atoms with van der Waals surface area (Å²) in [5.41, 5.74) is 2.30. The monoisotopic (exact) mass is 291 g/mol. The van der Waals surface area contributed by atoms with Crippen molar-refractivity contribution < 1.29 is 19.4 Å². The van der Waals surface area contributed by atoms with Crippen molar-refractivity contribution in [1.82, 2.24) is 5.32 Å². The van der Waals surface area contributed by atoms with E-state index in [0.717, 1.165) is 5.56 Å². The maximum absolute atomic E-state index is 11.8. The number of carboxylic acids is 1. The highest BCUT2D eigenvalue weighted by Crippen LogP contribution is 2.25. The number of benzene rings is 1. The van der Waals surface area contributed by atoms with E-state index in [-0.39, 0.29) is 24.5 Å². The molecule has 1 fully saturated rings. The normalized spacial score (nSPS) is 21.0. The number of carbonyl (C=O) groups excluding carboxylic acids is 1. The van der Waals surface area contributed by atoms with Gasteiger partial charge >= 0.3 is 5.97 Å². The summed E-state index contributed by atoms with van der Waals surface area (Å²) in [7, 11) is 0. The first-order chi connectivity index (χ1) is 9.95. The van der Waals surface area contributed by atoms with Gasteiger partial charge in [0.2, 0.25) is 0 Å². The maximum atomic E-state index is 11.8. The van der Waals surface area contributed by atoms with Gasteiger partial charge in [-0.1, -0.05) is 6.07 Å². The summed E-state index contributed by atoms with van der Waals surface area (Å²) < 4.78 is 5.46. The molecule has 0 radical (unpaired) electrons. The Balaban J connectivity index is 1.77. The molecule has 0 aromatic heterocycles. The number of aliphatic carboxylic acids is 1. The SMILES string of the molecule is Cc1ccc(OCC(=O)N[C@H]2CC[C@@H](C(=O)O)C2)cc1C. The summed E-state index contributed by atoms with van der Waals surface area (Å²) in [6.45, 7) is 3.97. The third-order valence-corrected chi connectivity index (χ3v) is 4.00. The van der Waals surface area contributed by atoms with Crippen molar-refractivity contribution >= 4 is 11.9 Å². The average molecular weight is 291 g/mol. The van der Waals surface area contributed by atoms with E-state index in [2.05, 4.69) is 5.32 Å². The molecule has 21 heavy (non-hydrogen) atoms. The van der Waals surface area contributed by atoms with Gasteiger partial charge in [0, 0.05) is 6.04 Å². The number of amides is 1. The van der Waals surface area contributed by atoms with E-state index in [1.165, 1.54) is 5.56 Å². The maximum Gasteiger partial charge on any atom is 0.306 e. The molecule has 0 aliphatic heterocycles. The van der Waals surface area contributed by atoms with Crippen molar-refractivity contribution in [2.75, 3.05) is 6.61 Å². The Hall–Kier alpha value is -2.04. The van der Waals surface area contributed by atoms with E-state index < -0.39 is 5.97 Å². The standard InChI is InChI=1S/C16H21NO4/c1-10-3-6-14(7-11(10)2)21-9-15(18)17-13-5-4-12(8-13)16(19)20/h3,6-7,12-13H,4-5,8-9H2,1-2H3,(H,17,18)(H,19,20)/t12-,13+/m1/s1. The van der Waals surface area contributed by atoms with Gasteiger partial charge in [-0.2, -0.15) is 0 Å². The van der Waals surface area contributed by atoms with Gasteiger partial charge in [-0.05, 0) is 56.4 Å². The largest absolute Gasteiger partial charge is 0.484 e. The van der Waals surface area contributed by atoms with Gasteiger partial charge in [0.25, 0.3) is 5.91 Å². The van der Waals surface area contributed by atoms with Crippen LogP contribution in [-0.2, 0) is 9.59 Å². The van der Waals surface area contributed by atoms with E-state index in [1.54, 1.807) is 0 Å². The molecule has 0 heterocycles. The fourth-order valence-electron chi connectivity index (χ4n) is 2.56. The Kier molecular flexibility index (Phi) is 4.83. The van der Waals surface area contributed by atoms with E-state index in [4.69, 9.17) is 9.84 Å². The summed E-state index contributed by atoms with van der Waals surface area (Å²) in [6, 6.07) is 5.64. The number of hydrogen-bond donors (Lipinski definition) is 2. The summed E-state index contributed by atoms with van der Waals surface area (Å²) in [6.07, 6.45) is 1.84. The van der Waals surface area contributed by atoms with Crippen molar-refractivity contribution in [2.24, 2.45) is 5.92 Å². The van der Waals surface area contributed by atoms with Crippen LogP contribution in [0, 0.1) is 19.8 Å². The fourth-order valence-corrected chi connectivity index (χ4v) is 2.56. The quantitative estimate of drug-likeness (QED) is 0.870. The summed E-state index contributed by atoms with van der Waals surface area (Å²) in [5, 5.41) is 11.8. The minimum atomic E-state index is -0.780. The first-order valence-corrected chi connectivity index (χ1v) is 7.18. The predicted octanol–water partition coefficient (Wildman–Crippen LogP) is 2.05. The van der Waals surface area contributed by atoms with Crippen LogP contribution in [0.4, 0.5) is 0 Å². The van der Waals surface area contributed by atoms with E-state index >= 15 is 0 Å². The Labute approximate surface area is 124 Å². The zero-order valence-electron chi connectivity index (χ0n) is 12.4. The number of carboxylic acid groups (broad SMARTS) is 1. The number of rotatable bonds is 5. The lowest BCUT2D eigenvalue weighted by Gasteiger charge is -2.13. The molecular formula is C16H21NO4. The third-order valence-electron chi connectivity index (χ3n) is 4.00. The molecule has 1 aromatic carbocycles. The van der Waals surface area contributed by atoms with E-state index in [0.29, 0.717) is 25.0 Å². The van der Waals surface area contributed by atoms with Gasteiger partial charge < -0.3 is 15.2 Å². The molecular weight excluding hydrogens is 270 g/mol. The van der Waals surface area contributed by atoms with Crippen molar-refractivity contribution in [3.8, 4) is 5.75 Å². The second-order valence-corrected chi connectivity index (χ2v) is 5.65.